The minimum atomic E-state index is -0.681. The van der Waals surface area contributed by atoms with E-state index in [2.05, 4.69) is 4.74 Å². The number of cyclic esters (lactones) is 1. The summed E-state index contributed by atoms with van der Waals surface area (Å²) >= 11 is 0. The molecule has 3 heteroatoms. The van der Waals surface area contributed by atoms with Gasteiger partial charge < -0.3 is 4.74 Å². The highest BCUT2D eigenvalue weighted by Gasteiger charge is 2.21. The first-order valence-corrected chi connectivity index (χ1v) is 2.00. The second kappa shape index (κ2) is 1.33. The molecule has 0 saturated carbocycles. The maximum Gasteiger partial charge on any atom is 0.374 e. The van der Waals surface area contributed by atoms with E-state index >= 15 is 0 Å². The summed E-state index contributed by atoms with van der Waals surface area (Å²) in [4.78, 5) is 20.1. The molecule has 1 aliphatic rings. The zero-order chi connectivity index (χ0) is 5.28. The molecule has 0 aromatic carbocycles. The van der Waals surface area contributed by atoms with E-state index in [4.69, 9.17) is 0 Å². The minimum Gasteiger partial charge on any atom is -0.459 e. The third-order valence-electron chi connectivity index (χ3n) is 0.790. The van der Waals surface area contributed by atoms with Gasteiger partial charge in [-0.25, -0.2) is 4.79 Å². The molecule has 1 saturated heterocycles. The number of esters is 1. The number of rotatable bonds is 0. The summed E-state index contributed by atoms with van der Waals surface area (Å²) < 4.78 is 4.28. The summed E-state index contributed by atoms with van der Waals surface area (Å²) in [7, 11) is 0. The monoisotopic (exact) mass is 100 g/mol. The van der Waals surface area contributed by atoms with Crippen LogP contribution in [0.4, 0.5) is 0 Å². The average molecular weight is 100 g/mol. The molecule has 7 heavy (non-hydrogen) atoms. The Balaban J connectivity index is 2.65. The summed E-state index contributed by atoms with van der Waals surface area (Å²) in [6.07, 6.45) is 0.263. The van der Waals surface area contributed by atoms with Gasteiger partial charge in [0.15, 0.2) is 0 Å². The lowest BCUT2D eigenvalue weighted by atomic mass is 10.3. The number of ketones is 1. The van der Waals surface area contributed by atoms with Crippen molar-refractivity contribution >= 4 is 11.8 Å². The van der Waals surface area contributed by atoms with Gasteiger partial charge in [0.05, 0.1) is 13.0 Å². The zero-order valence-corrected chi connectivity index (χ0v) is 3.64. The second-order valence-corrected chi connectivity index (χ2v) is 1.31. The first-order valence-electron chi connectivity index (χ1n) is 2.00. The van der Waals surface area contributed by atoms with Gasteiger partial charge in [-0.1, -0.05) is 0 Å². The van der Waals surface area contributed by atoms with Gasteiger partial charge in [0.2, 0.25) is 5.78 Å². The van der Waals surface area contributed by atoms with Gasteiger partial charge in [-0.15, -0.1) is 0 Å². The molecular formula is C4H4O3. The van der Waals surface area contributed by atoms with E-state index in [1.807, 2.05) is 0 Å². The van der Waals surface area contributed by atoms with E-state index in [-0.39, 0.29) is 13.0 Å². The molecule has 0 aromatic heterocycles. The van der Waals surface area contributed by atoms with Gasteiger partial charge in [0.1, 0.15) is 0 Å². The third-order valence-corrected chi connectivity index (χ3v) is 0.790. The van der Waals surface area contributed by atoms with Crippen molar-refractivity contribution in [2.45, 2.75) is 6.42 Å². The molecule has 38 valence electrons. The number of hydrogen-bond donors (Lipinski definition) is 0. The van der Waals surface area contributed by atoms with E-state index in [1.165, 1.54) is 0 Å². The van der Waals surface area contributed by atoms with Crippen molar-refractivity contribution in [1.29, 1.82) is 0 Å². The van der Waals surface area contributed by atoms with Crippen LogP contribution in [0.1, 0.15) is 6.42 Å². The Morgan fingerprint density at radius 3 is 2.29 bits per heavy atom. The van der Waals surface area contributed by atoms with Crippen LogP contribution in [0.15, 0.2) is 0 Å². The number of hydrogen-bond acceptors (Lipinski definition) is 3. The lowest BCUT2D eigenvalue weighted by molar-refractivity contribution is -0.146. The summed E-state index contributed by atoms with van der Waals surface area (Å²) in [5.74, 6) is -1.08. The molecule has 1 aliphatic heterocycles. The van der Waals surface area contributed by atoms with Gasteiger partial charge in [-0.05, 0) is 0 Å². The Morgan fingerprint density at radius 2 is 2.14 bits per heavy atom. The van der Waals surface area contributed by atoms with E-state index in [0.717, 1.165) is 0 Å². The molecule has 0 unspecified atom stereocenters. The topological polar surface area (TPSA) is 43.4 Å². The van der Waals surface area contributed by atoms with Crippen LogP contribution in [0.25, 0.3) is 0 Å². The highest BCUT2D eigenvalue weighted by atomic mass is 16.5. The second-order valence-electron chi connectivity index (χ2n) is 1.31. The molecule has 0 radical (unpaired) electrons. The van der Waals surface area contributed by atoms with Crippen molar-refractivity contribution in [3.63, 3.8) is 0 Å². The number of Topliss-reactive ketones (excluding diaryl/α,β-unsaturated/α-hetero) is 1. The van der Waals surface area contributed by atoms with Crippen LogP contribution in [0.5, 0.6) is 0 Å². The first-order chi connectivity index (χ1) is 3.30. The molecule has 0 N–H and O–H groups in total. The van der Waals surface area contributed by atoms with Gasteiger partial charge >= 0.3 is 5.97 Å². The van der Waals surface area contributed by atoms with Crippen LogP contribution < -0.4 is 0 Å². The quantitative estimate of drug-likeness (QED) is 0.304. The van der Waals surface area contributed by atoms with E-state index < -0.39 is 11.8 Å². The van der Waals surface area contributed by atoms with Crippen molar-refractivity contribution in [2.75, 3.05) is 6.61 Å². The van der Waals surface area contributed by atoms with Crippen LogP contribution in [0.2, 0.25) is 0 Å². The largest absolute Gasteiger partial charge is 0.459 e. The Kier molecular flexibility index (Phi) is 0.817. The molecule has 0 spiro atoms. The third kappa shape index (κ3) is 0.607. The predicted octanol–water partition coefficient (Wildman–Crippen LogP) is -0.498. The molecular weight excluding hydrogens is 96.0 g/mol. The van der Waals surface area contributed by atoms with Crippen molar-refractivity contribution in [1.82, 2.24) is 0 Å². The fraction of sp³-hybridized carbons (Fsp3) is 0.500. The van der Waals surface area contributed by atoms with Crippen LogP contribution in [0, 0.1) is 0 Å². The van der Waals surface area contributed by atoms with Crippen LogP contribution in [-0.2, 0) is 14.3 Å². The van der Waals surface area contributed by atoms with Crippen molar-refractivity contribution < 1.29 is 14.3 Å². The standard InChI is InChI=1S/C4H4O3/c5-3-1-2-7-4(3)6/h1-2H2. The Hall–Kier alpha value is -0.860. The number of ether oxygens (including phenoxy) is 1. The molecule has 0 aromatic rings. The van der Waals surface area contributed by atoms with Crippen LogP contribution >= 0.6 is 0 Å². The summed E-state index contributed by atoms with van der Waals surface area (Å²) in [6.45, 7) is 0.275. The maximum absolute atomic E-state index is 10.1. The predicted molar refractivity (Wildman–Crippen MR) is 20.6 cm³/mol. The fourth-order valence-corrected chi connectivity index (χ4v) is 0.419. The first kappa shape index (κ1) is 4.30. The zero-order valence-electron chi connectivity index (χ0n) is 3.64. The van der Waals surface area contributed by atoms with Crippen LogP contribution in [0.3, 0.4) is 0 Å². The Morgan fingerprint density at radius 1 is 1.43 bits per heavy atom. The lowest BCUT2D eigenvalue weighted by Crippen LogP contribution is -2.03. The Labute approximate surface area is 40.3 Å². The van der Waals surface area contributed by atoms with Crippen molar-refractivity contribution in [2.24, 2.45) is 0 Å². The molecule has 1 rings (SSSR count). The molecule has 0 bridgehead atoms. The normalized spacial score (nSPS) is 20.0. The molecule has 0 aliphatic carbocycles. The Bertz CT molecular complexity index is 102. The highest BCUT2D eigenvalue weighted by Crippen LogP contribution is 1.97. The summed E-state index contributed by atoms with van der Waals surface area (Å²) in [5.41, 5.74) is 0. The summed E-state index contributed by atoms with van der Waals surface area (Å²) in [5, 5.41) is 0. The molecule has 3 nitrogen and oxygen atoms in total. The van der Waals surface area contributed by atoms with Gasteiger partial charge in [0.25, 0.3) is 0 Å². The van der Waals surface area contributed by atoms with E-state index in [1.54, 1.807) is 0 Å². The maximum atomic E-state index is 10.1. The molecule has 1 heterocycles. The molecule has 1 fully saturated rings. The highest BCUT2D eigenvalue weighted by molar-refractivity contribution is 6.35. The number of carbonyl (C=O) groups is 2. The van der Waals surface area contributed by atoms with E-state index in [0.29, 0.717) is 0 Å². The minimum absolute atomic E-state index is 0.263. The van der Waals surface area contributed by atoms with Crippen LogP contribution in [-0.4, -0.2) is 18.4 Å². The average Bonchev–Trinajstić information content (AvgIpc) is 1.91. The van der Waals surface area contributed by atoms with Gasteiger partial charge in [-0.3, -0.25) is 4.79 Å². The van der Waals surface area contributed by atoms with Crippen molar-refractivity contribution in [3.05, 3.63) is 0 Å². The fourth-order valence-electron chi connectivity index (χ4n) is 0.419. The van der Waals surface area contributed by atoms with Crippen molar-refractivity contribution in [3.8, 4) is 0 Å². The molecule has 0 atom stereocenters. The SMILES string of the molecule is O=C1CCOC1=O. The summed E-state index contributed by atoms with van der Waals surface area (Å²) in [6, 6.07) is 0. The molecule has 0 amide bonds. The number of carbonyl (C=O) groups excluding carboxylic acids is 2. The smallest absolute Gasteiger partial charge is 0.374 e. The van der Waals surface area contributed by atoms with Gasteiger partial charge in [0, 0.05) is 0 Å². The van der Waals surface area contributed by atoms with E-state index in [9.17, 15) is 9.59 Å². The van der Waals surface area contributed by atoms with Gasteiger partial charge in [-0.2, -0.15) is 0 Å². The lowest BCUT2D eigenvalue weighted by Gasteiger charge is -1.79.